The first-order chi connectivity index (χ1) is 9.90. The summed E-state index contributed by atoms with van der Waals surface area (Å²) in [6.07, 6.45) is 0.491. The van der Waals surface area contributed by atoms with Crippen LogP contribution in [0.2, 0.25) is 0 Å². The highest BCUT2D eigenvalue weighted by atomic mass is 32.2. The van der Waals surface area contributed by atoms with Gasteiger partial charge in [0, 0.05) is 27.8 Å². The van der Waals surface area contributed by atoms with Crippen molar-refractivity contribution in [2.75, 3.05) is 45.7 Å². The first kappa shape index (κ1) is 17.7. The number of methoxy groups -OCH3 is 2. The second-order valence-electron chi connectivity index (χ2n) is 4.51. The summed E-state index contributed by atoms with van der Waals surface area (Å²) in [5, 5.41) is 9.52. The fraction of sp³-hybridized carbons (Fsp3) is 0.538. The second-order valence-corrected chi connectivity index (χ2v) is 6.28. The average molecular weight is 318 g/mol. The van der Waals surface area contributed by atoms with Gasteiger partial charge in [0.1, 0.15) is 5.75 Å². The minimum Gasteiger partial charge on any atom is -0.508 e. The number of ether oxygens (including phenoxy) is 2. The van der Waals surface area contributed by atoms with E-state index >= 15 is 0 Å². The summed E-state index contributed by atoms with van der Waals surface area (Å²) >= 11 is 0. The van der Waals surface area contributed by atoms with Gasteiger partial charge in [-0.25, -0.2) is 0 Å². The number of aromatic hydroxyl groups is 1. The third-order valence-electron chi connectivity index (χ3n) is 2.92. The highest BCUT2D eigenvalue weighted by Crippen LogP contribution is 2.23. The number of anilines is 1. The maximum absolute atomic E-state index is 12.2. The first-order valence-electron chi connectivity index (χ1n) is 6.44. The lowest BCUT2D eigenvalue weighted by molar-refractivity contribution is 0.185. The summed E-state index contributed by atoms with van der Waals surface area (Å²) in [4.78, 5) is 0. The Morgan fingerprint density at radius 2 is 1.90 bits per heavy atom. The number of likely N-dealkylation sites (N-methyl/N-ethyl adjacent to an activating group) is 1. The topological polar surface area (TPSA) is 88.1 Å². The largest absolute Gasteiger partial charge is 0.508 e. The molecule has 7 nitrogen and oxygen atoms in total. The van der Waals surface area contributed by atoms with Gasteiger partial charge in [-0.3, -0.25) is 4.72 Å². The van der Waals surface area contributed by atoms with Crippen LogP contribution in [-0.4, -0.2) is 58.9 Å². The molecule has 2 N–H and O–H groups in total. The van der Waals surface area contributed by atoms with Crippen LogP contribution in [0.5, 0.6) is 5.75 Å². The quantitative estimate of drug-likeness (QED) is 0.658. The number of hydrogen-bond acceptors (Lipinski definition) is 5. The number of nitrogens with zero attached hydrogens (tertiary/aromatic N) is 1. The van der Waals surface area contributed by atoms with Gasteiger partial charge < -0.3 is 14.6 Å². The van der Waals surface area contributed by atoms with Gasteiger partial charge in [-0.2, -0.15) is 12.7 Å². The minimum atomic E-state index is -3.67. The first-order valence-corrected chi connectivity index (χ1v) is 7.88. The van der Waals surface area contributed by atoms with E-state index in [1.807, 2.05) is 0 Å². The van der Waals surface area contributed by atoms with Crippen molar-refractivity contribution in [3.05, 3.63) is 23.8 Å². The maximum atomic E-state index is 12.2. The normalized spacial score (nSPS) is 11.8. The Bertz CT molecular complexity index is 547. The predicted molar refractivity (Wildman–Crippen MR) is 80.7 cm³/mol. The van der Waals surface area contributed by atoms with Crippen LogP contribution < -0.4 is 4.72 Å². The Kier molecular flexibility index (Phi) is 6.90. The Hall–Kier alpha value is -1.35. The standard InChI is InChI=1S/C13H22N2O5S/c1-15(7-9-20-3)21(17,18)14-13-5-4-12(16)10-11(13)6-8-19-2/h4-5,10,14,16H,6-9H2,1-3H3. The van der Waals surface area contributed by atoms with Crippen LogP contribution in [0.4, 0.5) is 5.69 Å². The molecule has 0 aliphatic carbocycles. The summed E-state index contributed by atoms with van der Waals surface area (Å²) in [7, 11) is 0.875. The van der Waals surface area contributed by atoms with E-state index in [0.717, 1.165) is 0 Å². The molecule has 0 saturated carbocycles. The van der Waals surface area contributed by atoms with Crippen molar-refractivity contribution in [3.8, 4) is 5.75 Å². The average Bonchev–Trinajstić information content (AvgIpc) is 2.44. The van der Waals surface area contributed by atoms with Crippen LogP contribution in [-0.2, 0) is 26.1 Å². The van der Waals surface area contributed by atoms with Gasteiger partial charge in [-0.1, -0.05) is 0 Å². The molecule has 0 aliphatic heterocycles. The van der Waals surface area contributed by atoms with Gasteiger partial charge >= 0.3 is 10.2 Å². The molecule has 0 unspecified atom stereocenters. The summed E-state index contributed by atoms with van der Waals surface area (Å²) < 4.78 is 37.9. The molecule has 0 heterocycles. The summed E-state index contributed by atoms with van der Waals surface area (Å²) in [6, 6.07) is 4.48. The molecule has 120 valence electrons. The number of phenols is 1. The van der Waals surface area contributed by atoms with Gasteiger partial charge in [0.15, 0.2) is 0 Å². The Morgan fingerprint density at radius 3 is 2.52 bits per heavy atom. The van der Waals surface area contributed by atoms with Gasteiger partial charge in [0.05, 0.1) is 18.9 Å². The zero-order valence-electron chi connectivity index (χ0n) is 12.5. The van der Waals surface area contributed by atoms with E-state index < -0.39 is 10.2 Å². The lowest BCUT2D eigenvalue weighted by atomic mass is 10.1. The number of benzene rings is 1. The lowest BCUT2D eigenvalue weighted by Crippen LogP contribution is -2.35. The van der Waals surface area contributed by atoms with Crippen LogP contribution in [0.15, 0.2) is 18.2 Å². The third-order valence-corrected chi connectivity index (χ3v) is 4.40. The molecule has 0 aliphatic rings. The van der Waals surface area contributed by atoms with Crippen molar-refractivity contribution >= 4 is 15.9 Å². The molecular weight excluding hydrogens is 296 g/mol. The van der Waals surface area contributed by atoms with Crippen LogP contribution in [0.1, 0.15) is 5.56 Å². The molecule has 1 rings (SSSR count). The summed E-state index contributed by atoms with van der Waals surface area (Å²) in [5.41, 5.74) is 1.09. The van der Waals surface area contributed by atoms with Crippen molar-refractivity contribution in [1.29, 1.82) is 0 Å². The molecular formula is C13H22N2O5S. The van der Waals surface area contributed by atoms with E-state index in [0.29, 0.717) is 30.9 Å². The molecule has 0 atom stereocenters. The van der Waals surface area contributed by atoms with Crippen molar-refractivity contribution < 1.29 is 23.0 Å². The maximum Gasteiger partial charge on any atom is 0.301 e. The van der Waals surface area contributed by atoms with E-state index in [-0.39, 0.29) is 12.3 Å². The molecule has 0 saturated heterocycles. The summed E-state index contributed by atoms with van der Waals surface area (Å²) in [6.45, 7) is 0.985. The van der Waals surface area contributed by atoms with Crippen molar-refractivity contribution in [2.24, 2.45) is 0 Å². The fourth-order valence-corrected chi connectivity index (χ4v) is 2.60. The van der Waals surface area contributed by atoms with Gasteiger partial charge in [0.25, 0.3) is 0 Å². The van der Waals surface area contributed by atoms with E-state index in [4.69, 9.17) is 9.47 Å². The molecule has 0 aromatic heterocycles. The number of hydrogen-bond donors (Lipinski definition) is 2. The Labute approximate surface area is 125 Å². The van der Waals surface area contributed by atoms with Gasteiger partial charge in [0.2, 0.25) is 0 Å². The van der Waals surface area contributed by atoms with Crippen molar-refractivity contribution in [3.63, 3.8) is 0 Å². The van der Waals surface area contributed by atoms with Crippen molar-refractivity contribution in [1.82, 2.24) is 4.31 Å². The molecule has 0 radical (unpaired) electrons. The monoisotopic (exact) mass is 318 g/mol. The number of rotatable bonds is 9. The highest BCUT2D eigenvalue weighted by molar-refractivity contribution is 7.90. The van der Waals surface area contributed by atoms with Crippen LogP contribution >= 0.6 is 0 Å². The third kappa shape index (κ3) is 5.50. The molecule has 1 aromatic rings. The minimum absolute atomic E-state index is 0.0804. The predicted octanol–water partition coefficient (Wildman–Crippen LogP) is 0.816. The zero-order chi connectivity index (χ0) is 15.9. The molecule has 0 fully saturated rings. The zero-order valence-corrected chi connectivity index (χ0v) is 13.3. The van der Waals surface area contributed by atoms with E-state index in [1.54, 1.807) is 7.11 Å². The fourth-order valence-electron chi connectivity index (χ4n) is 1.66. The van der Waals surface area contributed by atoms with Gasteiger partial charge in [-0.15, -0.1) is 0 Å². The molecule has 21 heavy (non-hydrogen) atoms. The molecule has 0 bridgehead atoms. The summed E-state index contributed by atoms with van der Waals surface area (Å²) in [5.74, 6) is 0.0804. The second kappa shape index (κ2) is 8.18. The lowest BCUT2D eigenvalue weighted by Gasteiger charge is -2.19. The van der Waals surface area contributed by atoms with Crippen LogP contribution in [0.25, 0.3) is 0 Å². The Morgan fingerprint density at radius 1 is 1.24 bits per heavy atom. The Balaban J connectivity index is 2.90. The SMILES string of the molecule is COCCc1cc(O)ccc1NS(=O)(=O)N(C)CCOC. The number of phenolic OH excluding ortho intramolecular Hbond substituents is 1. The van der Waals surface area contributed by atoms with E-state index in [9.17, 15) is 13.5 Å². The smallest absolute Gasteiger partial charge is 0.301 e. The van der Waals surface area contributed by atoms with E-state index in [1.165, 1.54) is 36.7 Å². The number of nitrogens with one attached hydrogen (secondary N) is 1. The molecule has 0 spiro atoms. The van der Waals surface area contributed by atoms with Gasteiger partial charge in [-0.05, 0) is 30.2 Å². The van der Waals surface area contributed by atoms with Crippen molar-refractivity contribution in [2.45, 2.75) is 6.42 Å². The highest BCUT2D eigenvalue weighted by Gasteiger charge is 2.18. The van der Waals surface area contributed by atoms with E-state index in [2.05, 4.69) is 4.72 Å². The molecule has 0 amide bonds. The van der Waals surface area contributed by atoms with Crippen LogP contribution in [0.3, 0.4) is 0 Å². The molecule has 1 aromatic carbocycles. The van der Waals surface area contributed by atoms with Crippen LogP contribution in [0, 0.1) is 0 Å². The molecule has 8 heteroatoms.